The monoisotopic (exact) mass is 443 g/mol. The molecular formula is C19H30BrN3O2S. The van der Waals surface area contributed by atoms with Gasteiger partial charge < -0.3 is 9.80 Å². The van der Waals surface area contributed by atoms with Crippen molar-refractivity contribution in [2.24, 2.45) is 0 Å². The Morgan fingerprint density at radius 1 is 1.00 bits per heavy atom. The predicted molar refractivity (Wildman–Crippen MR) is 109 cm³/mol. The van der Waals surface area contributed by atoms with Gasteiger partial charge in [-0.2, -0.15) is 0 Å². The summed E-state index contributed by atoms with van der Waals surface area (Å²) in [6.45, 7) is 6.30. The highest BCUT2D eigenvalue weighted by atomic mass is 79.9. The largest absolute Gasteiger partial charge is 0.303 e. The second-order valence-electron chi connectivity index (χ2n) is 7.37. The van der Waals surface area contributed by atoms with Crippen molar-refractivity contribution in [3.05, 3.63) is 28.7 Å². The van der Waals surface area contributed by atoms with Crippen LogP contribution in [0.15, 0.2) is 33.6 Å². The molecule has 0 aromatic heterocycles. The normalized spacial score (nSPS) is 21.1. The molecule has 1 N–H and O–H groups in total. The van der Waals surface area contributed by atoms with Gasteiger partial charge in [-0.05, 0) is 89.1 Å². The van der Waals surface area contributed by atoms with Crippen LogP contribution >= 0.6 is 15.9 Å². The number of sulfonamides is 1. The molecule has 0 radical (unpaired) electrons. The number of likely N-dealkylation sites (tertiary alicyclic amines) is 2. The summed E-state index contributed by atoms with van der Waals surface area (Å²) in [6, 6.07) is 7.51. The molecule has 1 aromatic carbocycles. The van der Waals surface area contributed by atoms with E-state index in [-0.39, 0.29) is 0 Å². The first-order valence-electron chi connectivity index (χ1n) is 9.76. The number of hydrogen-bond acceptors (Lipinski definition) is 4. The Balaban J connectivity index is 1.35. The number of piperidine rings is 2. The van der Waals surface area contributed by atoms with Crippen molar-refractivity contribution >= 4 is 26.0 Å². The minimum Gasteiger partial charge on any atom is -0.303 e. The van der Waals surface area contributed by atoms with E-state index < -0.39 is 10.0 Å². The zero-order valence-corrected chi connectivity index (χ0v) is 17.8. The van der Waals surface area contributed by atoms with Crippen LogP contribution in [0.4, 0.5) is 0 Å². The minimum absolute atomic E-state index is 0.322. The van der Waals surface area contributed by atoms with E-state index in [4.69, 9.17) is 0 Å². The Bertz CT molecular complexity index is 652. The highest BCUT2D eigenvalue weighted by Gasteiger charge is 2.25. The summed E-state index contributed by atoms with van der Waals surface area (Å²) < 4.78 is 28.1. The van der Waals surface area contributed by atoms with E-state index in [2.05, 4.69) is 30.5 Å². The lowest BCUT2D eigenvalue weighted by atomic mass is 10.00. The van der Waals surface area contributed by atoms with Crippen LogP contribution in [0.3, 0.4) is 0 Å². The van der Waals surface area contributed by atoms with Crippen LogP contribution < -0.4 is 4.72 Å². The van der Waals surface area contributed by atoms with Crippen molar-refractivity contribution in [2.45, 2.75) is 49.5 Å². The summed E-state index contributed by atoms with van der Waals surface area (Å²) in [5, 5.41) is 0. The Hall–Kier alpha value is -0.470. The molecule has 0 spiro atoms. The summed E-state index contributed by atoms with van der Waals surface area (Å²) in [6.07, 6.45) is 7.47. The summed E-state index contributed by atoms with van der Waals surface area (Å²) in [5.41, 5.74) is 0. The molecule has 3 rings (SSSR count). The molecule has 5 nitrogen and oxygen atoms in total. The predicted octanol–water partition coefficient (Wildman–Crippen LogP) is 3.07. The number of nitrogens with zero attached hydrogens (tertiary/aromatic N) is 2. The van der Waals surface area contributed by atoms with Gasteiger partial charge in [0, 0.05) is 17.1 Å². The van der Waals surface area contributed by atoms with Crippen molar-refractivity contribution in [2.75, 3.05) is 39.3 Å². The van der Waals surface area contributed by atoms with E-state index in [1.54, 1.807) is 24.3 Å². The Kier molecular flexibility index (Phi) is 7.52. The van der Waals surface area contributed by atoms with Gasteiger partial charge in [0.25, 0.3) is 0 Å². The number of nitrogens with one attached hydrogen (secondary N) is 1. The fourth-order valence-electron chi connectivity index (χ4n) is 4.00. The van der Waals surface area contributed by atoms with Gasteiger partial charge in [0.05, 0.1) is 4.90 Å². The molecule has 0 aliphatic carbocycles. The Morgan fingerprint density at radius 2 is 1.65 bits per heavy atom. The molecule has 2 saturated heterocycles. The Labute approximate surface area is 166 Å². The van der Waals surface area contributed by atoms with Crippen molar-refractivity contribution < 1.29 is 8.42 Å². The number of halogens is 1. The van der Waals surface area contributed by atoms with Gasteiger partial charge >= 0.3 is 0 Å². The first kappa shape index (κ1) is 20.3. The zero-order valence-electron chi connectivity index (χ0n) is 15.4. The molecule has 0 bridgehead atoms. The van der Waals surface area contributed by atoms with Crippen molar-refractivity contribution in [3.63, 3.8) is 0 Å². The van der Waals surface area contributed by atoms with Crippen LogP contribution in [0.5, 0.6) is 0 Å². The van der Waals surface area contributed by atoms with E-state index in [9.17, 15) is 8.42 Å². The maximum atomic E-state index is 12.3. The molecule has 2 aliphatic heterocycles. The Morgan fingerprint density at radius 3 is 2.31 bits per heavy atom. The molecule has 0 atom stereocenters. The van der Waals surface area contributed by atoms with Crippen LogP contribution in [-0.2, 0) is 10.0 Å². The van der Waals surface area contributed by atoms with Gasteiger partial charge in [-0.25, -0.2) is 13.1 Å². The smallest absolute Gasteiger partial charge is 0.240 e. The highest BCUT2D eigenvalue weighted by molar-refractivity contribution is 9.10. The van der Waals surface area contributed by atoms with E-state index in [0.29, 0.717) is 11.4 Å². The van der Waals surface area contributed by atoms with Crippen molar-refractivity contribution in [3.8, 4) is 0 Å². The molecule has 0 unspecified atom stereocenters. The maximum absolute atomic E-state index is 12.3. The molecule has 2 heterocycles. The fraction of sp³-hybridized carbons (Fsp3) is 0.684. The second kappa shape index (κ2) is 9.64. The van der Waals surface area contributed by atoms with Gasteiger partial charge in [0.15, 0.2) is 0 Å². The lowest BCUT2D eigenvalue weighted by Crippen LogP contribution is -2.47. The number of hydrogen-bond donors (Lipinski definition) is 1. The quantitative estimate of drug-likeness (QED) is 0.657. The van der Waals surface area contributed by atoms with Crippen LogP contribution in [0.25, 0.3) is 0 Å². The molecule has 7 heteroatoms. The maximum Gasteiger partial charge on any atom is 0.240 e. The van der Waals surface area contributed by atoms with Crippen LogP contribution in [-0.4, -0.2) is 63.5 Å². The van der Waals surface area contributed by atoms with Gasteiger partial charge in [-0.1, -0.05) is 22.4 Å². The molecule has 26 heavy (non-hydrogen) atoms. The lowest BCUT2D eigenvalue weighted by molar-refractivity contribution is 0.0923. The standard InChI is InChI=1S/C19H30BrN3O2S/c20-17-5-7-19(8-6-17)26(24,25)21-11-4-12-22-15-9-18(10-16-22)23-13-2-1-3-14-23/h5-8,18,21H,1-4,9-16H2. The summed E-state index contributed by atoms with van der Waals surface area (Å²) in [4.78, 5) is 5.49. The SMILES string of the molecule is O=S(=O)(NCCCN1CCC(N2CCCCC2)CC1)c1ccc(Br)cc1. The second-order valence-corrected chi connectivity index (χ2v) is 10.1. The van der Waals surface area contributed by atoms with Crippen molar-refractivity contribution in [1.82, 2.24) is 14.5 Å². The minimum atomic E-state index is -3.40. The fourth-order valence-corrected chi connectivity index (χ4v) is 5.34. The van der Waals surface area contributed by atoms with Gasteiger partial charge in [0.1, 0.15) is 0 Å². The third-order valence-corrected chi connectivity index (χ3v) is 7.54. The van der Waals surface area contributed by atoms with Crippen LogP contribution in [0.1, 0.15) is 38.5 Å². The zero-order chi connectivity index (χ0) is 18.4. The summed E-state index contributed by atoms with van der Waals surface area (Å²) in [7, 11) is -3.40. The summed E-state index contributed by atoms with van der Waals surface area (Å²) in [5.74, 6) is 0. The average molecular weight is 444 g/mol. The van der Waals surface area contributed by atoms with Crippen LogP contribution in [0, 0.1) is 0 Å². The molecular weight excluding hydrogens is 414 g/mol. The van der Waals surface area contributed by atoms with E-state index >= 15 is 0 Å². The summed E-state index contributed by atoms with van der Waals surface area (Å²) >= 11 is 3.33. The average Bonchev–Trinajstić information content (AvgIpc) is 2.67. The molecule has 1 aromatic rings. The van der Waals surface area contributed by atoms with Gasteiger partial charge in [-0.15, -0.1) is 0 Å². The van der Waals surface area contributed by atoms with Crippen molar-refractivity contribution in [1.29, 1.82) is 0 Å². The molecule has 0 amide bonds. The third-order valence-electron chi connectivity index (χ3n) is 5.53. The van der Waals surface area contributed by atoms with Crippen LogP contribution in [0.2, 0.25) is 0 Å². The lowest BCUT2D eigenvalue weighted by Gasteiger charge is -2.40. The first-order valence-corrected chi connectivity index (χ1v) is 12.0. The van der Waals surface area contributed by atoms with E-state index in [1.165, 1.54) is 45.2 Å². The number of rotatable bonds is 7. The van der Waals surface area contributed by atoms with Gasteiger partial charge in [-0.3, -0.25) is 0 Å². The third kappa shape index (κ3) is 5.76. The van der Waals surface area contributed by atoms with E-state index in [0.717, 1.165) is 36.6 Å². The molecule has 146 valence electrons. The number of benzene rings is 1. The van der Waals surface area contributed by atoms with E-state index in [1.807, 2.05) is 0 Å². The molecule has 2 aliphatic rings. The first-order chi connectivity index (χ1) is 12.5. The molecule has 0 saturated carbocycles. The van der Waals surface area contributed by atoms with Gasteiger partial charge in [0.2, 0.25) is 10.0 Å². The topological polar surface area (TPSA) is 52.7 Å². The highest BCUT2D eigenvalue weighted by Crippen LogP contribution is 2.21. The molecule has 2 fully saturated rings.